The summed E-state index contributed by atoms with van der Waals surface area (Å²) in [5, 5.41) is 7.57. The number of hydrogen-bond donors (Lipinski definition) is 4. The Kier molecular flexibility index (Phi) is 4.06. The molecule has 28 heavy (non-hydrogen) atoms. The molecule has 2 aromatic heterocycles. The Bertz CT molecular complexity index is 1160. The molecule has 0 unspecified atom stereocenters. The lowest BCUT2D eigenvalue weighted by molar-refractivity contribution is -0.137. The fourth-order valence-corrected chi connectivity index (χ4v) is 4.46. The zero-order chi connectivity index (χ0) is 19.4. The summed E-state index contributed by atoms with van der Waals surface area (Å²) in [5.41, 5.74) is 3.29. The molecule has 0 spiro atoms. The van der Waals surface area contributed by atoms with Crippen LogP contribution in [-0.2, 0) is 9.59 Å². The Morgan fingerprint density at radius 3 is 1.54 bits per heavy atom. The maximum atomic E-state index is 12.9. The molecule has 0 aliphatic carbocycles. The van der Waals surface area contributed by atoms with Gasteiger partial charge in [0, 0.05) is 54.3 Å². The average molecular weight is 502 g/mol. The second-order valence-electron chi connectivity index (χ2n) is 6.75. The molecule has 2 atom stereocenters. The van der Waals surface area contributed by atoms with Crippen molar-refractivity contribution in [1.29, 1.82) is 0 Å². The summed E-state index contributed by atoms with van der Waals surface area (Å²) in [6, 6.07) is 10.1. The van der Waals surface area contributed by atoms with Crippen LogP contribution in [0.25, 0.3) is 21.8 Å². The maximum absolute atomic E-state index is 12.9. The number of aromatic amines is 2. The second-order valence-corrected chi connectivity index (χ2v) is 8.58. The molecule has 4 aromatic rings. The quantitative estimate of drug-likeness (QED) is 0.331. The van der Waals surface area contributed by atoms with E-state index in [1.807, 2.05) is 36.4 Å². The minimum atomic E-state index is -0.738. The van der Waals surface area contributed by atoms with Crippen LogP contribution < -0.4 is 10.6 Å². The van der Waals surface area contributed by atoms with Gasteiger partial charge in [0.25, 0.3) is 0 Å². The third-order valence-corrected chi connectivity index (χ3v) is 6.06. The van der Waals surface area contributed by atoms with Gasteiger partial charge < -0.3 is 20.6 Å². The fraction of sp³-hybridized carbons (Fsp3) is 0.100. The van der Waals surface area contributed by atoms with Crippen molar-refractivity contribution in [2.24, 2.45) is 0 Å². The molecule has 1 aliphatic heterocycles. The first kappa shape index (κ1) is 17.5. The van der Waals surface area contributed by atoms with Gasteiger partial charge in [0.05, 0.1) is 0 Å². The molecular formula is C20H14Br2N4O2. The number of fused-ring (bicyclic) bond motifs is 2. The molecule has 5 rings (SSSR count). The van der Waals surface area contributed by atoms with Gasteiger partial charge >= 0.3 is 0 Å². The van der Waals surface area contributed by atoms with Crippen molar-refractivity contribution in [2.75, 3.05) is 0 Å². The normalized spacial score (nSPS) is 19.8. The van der Waals surface area contributed by atoms with Crippen LogP contribution in [0.2, 0.25) is 0 Å². The molecule has 6 nitrogen and oxygen atoms in total. The lowest BCUT2D eigenvalue weighted by Crippen LogP contribution is -2.52. The van der Waals surface area contributed by atoms with Gasteiger partial charge in [0.15, 0.2) is 0 Å². The smallest absolute Gasteiger partial charge is 0.248 e. The molecule has 8 heteroatoms. The molecule has 140 valence electrons. The Morgan fingerprint density at radius 1 is 0.679 bits per heavy atom. The van der Waals surface area contributed by atoms with Gasteiger partial charge in [-0.05, 0) is 24.3 Å². The van der Waals surface area contributed by atoms with E-state index in [-0.39, 0.29) is 11.8 Å². The summed E-state index contributed by atoms with van der Waals surface area (Å²) in [4.78, 5) is 32.1. The predicted octanol–water partition coefficient (Wildman–Crippen LogP) is 4.20. The van der Waals surface area contributed by atoms with E-state index in [4.69, 9.17) is 0 Å². The predicted molar refractivity (Wildman–Crippen MR) is 114 cm³/mol. The SMILES string of the molecule is O=C1N[C@@H](c2c[nH]c3cc(Br)ccc23)C(=O)N[C@H]1c1c[nH]c2cc(Br)ccc12. The Hall–Kier alpha value is -2.58. The number of aromatic nitrogens is 2. The van der Waals surface area contributed by atoms with Crippen molar-refractivity contribution < 1.29 is 9.59 Å². The van der Waals surface area contributed by atoms with Gasteiger partial charge in [0.2, 0.25) is 11.8 Å². The summed E-state index contributed by atoms with van der Waals surface area (Å²) >= 11 is 6.88. The van der Waals surface area contributed by atoms with Crippen molar-refractivity contribution in [2.45, 2.75) is 12.1 Å². The van der Waals surface area contributed by atoms with Crippen LogP contribution >= 0.6 is 31.9 Å². The van der Waals surface area contributed by atoms with Crippen LogP contribution in [-0.4, -0.2) is 21.8 Å². The van der Waals surface area contributed by atoms with Gasteiger partial charge in [-0.15, -0.1) is 0 Å². The van der Waals surface area contributed by atoms with Crippen molar-refractivity contribution in [3.8, 4) is 0 Å². The minimum Gasteiger partial charge on any atom is -0.361 e. The molecule has 2 amide bonds. The minimum absolute atomic E-state index is 0.236. The summed E-state index contributed by atoms with van der Waals surface area (Å²) in [5.74, 6) is -0.472. The summed E-state index contributed by atoms with van der Waals surface area (Å²) in [7, 11) is 0. The number of piperazine rings is 1. The molecule has 2 aromatic carbocycles. The van der Waals surface area contributed by atoms with Crippen molar-refractivity contribution in [3.63, 3.8) is 0 Å². The molecule has 0 saturated carbocycles. The molecule has 0 radical (unpaired) electrons. The molecule has 1 fully saturated rings. The van der Waals surface area contributed by atoms with Crippen LogP contribution in [0.5, 0.6) is 0 Å². The van der Waals surface area contributed by atoms with E-state index in [1.54, 1.807) is 12.4 Å². The number of amides is 2. The maximum Gasteiger partial charge on any atom is 0.248 e. The molecule has 3 heterocycles. The summed E-state index contributed by atoms with van der Waals surface area (Å²) < 4.78 is 1.88. The molecule has 1 aliphatic rings. The number of H-pyrrole nitrogens is 2. The van der Waals surface area contributed by atoms with E-state index >= 15 is 0 Å². The van der Waals surface area contributed by atoms with Gasteiger partial charge in [0.1, 0.15) is 12.1 Å². The van der Waals surface area contributed by atoms with E-state index < -0.39 is 12.1 Å². The highest BCUT2D eigenvalue weighted by molar-refractivity contribution is 9.10. The zero-order valence-corrected chi connectivity index (χ0v) is 17.5. The Labute approximate surface area is 176 Å². The van der Waals surface area contributed by atoms with E-state index in [2.05, 4.69) is 52.5 Å². The lowest BCUT2D eigenvalue weighted by atomic mass is 9.98. The topological polar surface area (TPSA) is 89.8 Å². The zero-order valence-electron chi connectivity index (χ0n) is 14.3. The monoisotopic (exact) mass is 500 g/mol. The fourth-order valence-electron chi connectivity index (χ4n) is 3.74. The van der Waals surface area contributed by atoms with Crippen LogP contribution in [0.4, 0.5) is 0 Å². The highest BCUT2D eigenvalue weighted by Gasteiger charge is 2.37. The first-order valence-electron chi connectivity index (χ1n) is 8.65. The van der Waals surface area contributed by atoms with Gasteiger partial charge in [-0.25, -0.2) is 0 Å². The third kappa shape index (κ3) is 2.75. The highest BCUT2D eigenvalue weighted by atomic mass is 79.9. The number of benzene rings is 2. The van der Waals surface area contributed by atoms with Crippen LogP contribution in [0.1, 0.15) is 23.2 Å². The van der Waals surface area contributed by atoms with E-state index in [0.717, 1.165) is 41.9 Å². The largest absolute Gasteiger partial charge is 0.361 e. The number of halogens is 2. The van der Waals surface area contributed by atoms with Crippen LogP contribution in [0.3, 0.4) is 0 Å². The van der Waals surface area contributed by atoms with Crippen molar-refractivity contribution >= 4 is 65.5 Å². The summed E-state index contributed by atoms with van der Waals surface area (Å²) in [6.07, 6.45) is 3.54. The number of hydrogen-bond acceptors (Lipinski definition) is 2. The summed E-state index contributed by atoms with van der Waals surface area (Å²) in [6.45, 7) is 0. The Morgan fingerprint density at radius 2 is 1.11 bits per heavy atom. The molecule has 4 N–H and O–H groups in total. The van der Waals surface area contributed by atoms with Gasteiger partial charge in [-0.3, -0.25) is 9.59 Å². The Balaban J connectivity index is 1.49. The number of carbonyl (C=O) groups excluding carboxylic acids is 2. The van der Waals surface area contributed by atoms with E-state index in [0.29, 0.717) is 0 Å². The average Bonchev–Trinajstić information content (AvgIpc) is 3.26. The third-order valence-electron chi connectivity index (χ3n) is 5.07. The molecular weight excluding hydrogens is 488 g/mol. The first-order chi connectivity index (χ1) is 13.5. The lowest BCUT2D eigenvalue weighted by Gasteiger charge is -2.29. The molecule has 1 saturated heterocycles. The standard InChI is InChI=1S/C20H14Br2N4O2/c21-9-1-3-11-13(7-23-15(11)5-9)17-19(27)26-18(20(28)25-17)14-8-24-16-6-10(22)2-4-12(14)16/h1-8,17-18,23-24H,(H,25,28)(H,26,27)/t17-,18-/m0/s1. The first-order valence-corrected chi connectivity index (χ1v) is 10.2. The molecule has 0 bridgehead atoms. The van der Waals surface area contributed by atoms with E-state index in [1.165, 1.54) is 0 Å². The van der Waals surface area contributed by atoms with Crippen molar-refractivity contribution in [1.82, 2.24) is 20.6 Å². The highest BCUT2D eigenvalue weighted by Crippen LogP contribution is 2.32. The number of rotatable bonds is 2. The van der Waals surface area contributed by atoms with Gasteiger partial charge in [-0.2, -0.15) is 0 Å². The van der Waals surface area contributed by atoms with Crippen LogP contribution in [0, 0.1) is 0 Å². The number of nitrogens with one attached hydrogen (secondary N) is 4. The number of carbonyl (C=O) groups is 2. The van der Waals surface area contributed by atoms with E-state index in [9.17, 15) is 9.59 Å². The second kappa shape index (κ2) is 6.49. The van der Waals surface area contributed by atoms with Crippen molar-refractivity contribution in [3.05, 3.63) is 68.9 Å². The van der Waals surface area contributed by atoms with Crippen LogP contribution in [0.15, 0.2) is 57.7 Å². The van der Waals surface area contributed by atoms with Gasteiger partial charge in [-0.1, -0.05) is 44.0 Å².